The average Bonchev–Trinajstić information content (AvgIpc) is 3.07. The van der Waals surface area contributed by atoms with Crippen LogP contribution in [0, 0.1) is 0 Å². The van der Waals surface area contributed by atoms with Gasteiger partial charge in [0.25, 0.3) is 0 Å². The predicted octanol–water partition coefficient (Wildman–Crippen LogP) is 16.2. The molecule has 0 amide bonds. The van der Waals surface area contributed by atoms with E-state index in [0.717, 1.165) is 69.8 Å². The number of hydrogen-bond donors (Lipinski definition) is 0. The van der Waals surface area contributed by atoms with Crippen LogP contribution in [0.5, 0.6) is 0 Å². The lowest BCUT2D eigenvalue weighted by atomic mass is 10.0. The Morgan fingerprint density at radius 2 is 0.780 bits per heavy atom. The molecule has 50 heavy (non-hydrogen) atoms. The summed E-state index contributed by atoms with van der Waals surface area (Å²) in [5.41, 5.74) is 8.54. The summed E-state index contributed by atoms with van der Waals surface area (Å²) in [5.74, 6) is -0.0507. The molecule has 0 aromatic carbocycles. The zero-order valence-corrected chi connectivity index (χ0v) is 34.6. The van der Waals surface area contributed by atoms with Gasteiger partial charge in [-0.2, -0.15) is 0 Å². The van der Waals surface area contributed by atoms with Crippen LogP contribution in [0.1, 0.15) is 209 Å². The number of allylic oxidation sites excluding steroid dienone is 13. The van der Waals surface area contributed by atoms with Crippen molar-refractivity contribution in [2.24, 2.45) is 0 Å². The second-order valence-electron chi connectivity index (χ2n) is 15.3. The summed E-state index contributed by atoms with van der Waals surface area (Å²) >= 11 is 0. The number of carbonyl (C=O) groups is 1. The Morgan fingerprint density at radius 1 is 0.400 bits per heavy atom. The van der Waals surface area contributed by atoms with E-state index in [0.29, 0.717) is 13.0 Å². The van der Waals surface area contributed by atoms with E-state index in [1.54, 1.807) is 0 Å². The first kappa shape index (κ1) is 47.7. The summed E-state index contributed by atoms with van der Waals surface area (Å²) in [6.07, 6.45) is 47.3. The molecule has 0 radical (unpaired) electrons. The van der Waals surface area contributed by atoms with E-state index in [4.69, 9.17) is 4.74 Å². The van der Waals surface area contributed by atoms with Gasteiger partial charge in [-0.1, -0.05) is 135 Å². The maximum Gasteiger partial charge on any atom is 0.306 e. The molecule has 0 heterocycles. The smallest absolute Gasteiger partial charge is 0.306 e. The summed E-state index contributed by atoms with van der Waals surface area (Å²) in [6, 6.07) is 0. The van der Waals surface area contributed by atoms with Gasteiger partial charge in [-0.05, 0) is 150 Å². The zero-order valence-electron chi connectivity index (χ0n) is 34.6. The number of carbonyl (C=O) groups excluding carboxylic acids is 1. The molecule has 2 nitrogen and oxygen atoms in total. The fourth-order valence-corrected chi connectivity index (χ4v) is 5.96. The Bertz CT molecular complexity index is 1050. The maximum absolute atomic E-state index is 12.2. The van der Waals surface area contributed by atoms with Crippen molar-refractivity contribution in [3.8, 4) is 0 Å². The fourth-order valence-electron chi connectivity index (χ4n) is 5.96. The lowest BCUT2D eigenvalue weighted by molar-refractivity contribution is -0.142. The van der Waals surface area contributed by atoms with Crippen molar-refractivity contribution in [2.75, 3.05) is 6.61 Å². The highest BCUT2D eigenvalue weighted by Crippen LogP contribution is 2.16. The van der Waals surface area contributed by atoms with E-state index in [2.05, 4.69) is 104 Å². The molecule has 0 aliphatic carbocycles. The van der Waals surface area contributed by atoms with Crippen LogP contribution >= 0.6 is 0 Å². The van der Waals surface area contributed by atoms with Crippen LogP contribution in [0.3, 0.4) is 0 Å². The average molecular weight is 691 g/mol. The van der Waals surface area contributed by atoms with E-state index < -0.39 is 0 Å². The Kier molecular flexibility index (Phi) is 33.4. The number of hydrogen-bond acceptors (Lipinski definition) is 2. The van der Waals surface area contributed by atoms with Gasteiger partial charge >= 0.3 is 5.97 Å². The van der Waals surface area contributed by atoms with Crippen LogP contribution in [0.2, 0.25) is 0 Å². The van der Waals surface area contributed by atoms with Crippen LogP contribution in [-0.2, 0) is 9.53 Å². The van der Waals surface area contributed by atoms with Gasteiger partial charge in [0.05, 0.1) is 0 Å². The molecule has 0 rings (SSSR count). The van der Waals surface area contributed by atoms with Gasteiger partial charge in [-0.25, -0.2) is 0 Å². The van der Waals surface area contributed by atoms with Crippen molar-refractivity contribution in [3.63, 3.8) is 0 Å². The molecule has 0 aromatic rings. The van der Waals surface area contributed by atoms with Gasteiger partial charge in [0, 0.05) is 6.42 Å². The third kappa shape index (κ3) is 35.5. The second kappa shape index (κ2) is 35.1. The Hall–Kier alpha value is -2.35. The molecular weight excluding hydrogens is 609 g/mol. The molecule has 0 spiro atoms. The van der Waals surface area contributed by atoms with Crippen LogP contribution in [0.25, 0.3) is 0 Å². The number of rotatable bonds is 32. The Labute approximate surface area is 312 Å². The third-order valence-electron chi connectivity index (χ3n) is 9.44. The fraction of sp³-hybridized carbons (Fsp3) is 0.688. The lowest BCUT2D eigenvalue weighted by Gasteiger charge is -2.06. The van der Waals surface area contributed by atoms with Crippen molar-refractivity contribution >= 4 is 5.97 Å². The summed E-state index contributed by atoms with van der Waals surface area (Å²) in [5, 5.41) is 0. The first-order chi connectivity index (χ1) is 24.1. The normalized spacial score (nSPS) is 13.4. The Morgan fingerprint density at radius 3 is 1.24 bits per heavy atom. The van der Waals surface area contributed by atoms with E-state index >= 15 is 0 Å². The van der Waals surface area contributed by atoms with Crippen LogP contribution in [0.15, 0.2) is 82.0 Å². The summed E-state index contributed by atoms with van der Waals surface area (Å²) in [7, 11) is 0. The summed E-state index contributed by atoms with van der Waals surface area (Å²) in [4.78, 5) is 12.2. The third-order valence-corrected chi connectivity index (χ3v) is 9.44. The van der Waals surface area contributed by atoms with Gasteiger partial charge in [0.15, 0.2) is 0 Å². The highest BCUT2D eigenvalue weighted by Gasteiger charge is 2.03. The molecular formula is C48H82O2. The molecule has 0 aromatic heterocycles. The van der Waals surface area contributed by atoms with Crippen LogP contribution in [-0.4, -0.2) is 12.6 Å². The summed E-state index contributed by atoms with van der Waals surface area (Å²) < 4.78 is 5.52. The second-order valence-corrected chi connectivity index (χ2v) is 15.3. The standard InChI is InChI=1S/C48H82O2/c1-9-10-11-12-13-14-15-16-17-18-19-20-21-22-23-40-48(49)50-41-47(8)39-29-38-46(7)37-28-35-44(5)32-25-24-31-43(4)34-27-36-45(6)33-26-30-42(2)3/h16-17,30-32,36-37,39H,9-15,18-29,33-35,38,40-41H2,1-8H3/b17-16-,43-31+,44-32+,45-36+,46-37+,47-39+. The van der Waals surface area contributed by atoms with Crippen molar-refractivity contribution in [1.29, 1.82) is 0 Å². The number of ether oxygens (including phenoxy) is 1. The highest BCUT2D eigenvalue weighted by molar-refractivity contribution is 5.69. The molecule has 0 bridgehead atoms. The van der Waals surface area contributed by atoms with E-state index in [-0.39, 0.29) is 5.97 Å². The van der Waals surface area contributed by atoms with Gasteiger partial charge in [0.1, 0.15) is 6.61 Å². The van der Waals surface area contributed by atoms with Crippen molar-refractivity contribution in [1.82, 2.24) is 0 Å². The Balaban J connectivity index is 3.91. The molecule has 0 fully saturated rings. The lowest BCUT2D eigenvalue weighted by Crippen LogP contribution is -2.06. The quantitative estimate of drug-likeness (QED) is 0.0399. The van der Waals surface area contributed by atoms with E-state index in [1.165, 1.54) is 111 Å². The van der Waals surface area contributed by atoms with Crippen molar-refractivity contribution < 1.29 is 9.53 Å². The van der Waals surface area contributed by atoms with E-state index in [1.807, 2.05) is 0 Å². The number of esters is 1. The van der Waals surface area contributed by atoms with Crippen molar-refractivity contribution in [3.05, 3.63) is 82.0 Å². The maximum atomic E-state index is 12.2. The van der Waals surface area contributed by atoms with E-state index in [9.17, 15) is 4.79 Å². The highest BCUT2D eigenvalue weighted by atomic mass is 16.5. The first-order valence-corrected chi connectivity index (χ1v) is 20.9. The minimum Gasteiger partial charge on any atom is -0.461 e. The molecule has 2 heteroatoms. The van der Waals surface area contributed by atoms with Crippen LogP contribution in [0.4, 0.5) is 0 Å². The monoisotopic (exact) mass is 691 g/mol. The first-order valence-electron chi connectivity index (χ1n) is 20.9. The van der Waals surface area contributed by atoms with Gasteiger partial charge < -0.3 is 4.74 Å². The molecule has 0 N–H and O–H groups in total. The molecule has 0 saturated heterocycles. The minimum atomic E-state index is -0.0507. The van der Waals surface area contributed by atoms with Gasteiger partial charge in [0.2, 0.25) is 0 Å². The molecule has 0 saturated carbocycles. The molecule has 286 valence electrons. The SMILES string of the molecule is CCCCCCCC/C=C\CCCCCCCC(=O)OC/C(C)=C/CC/C(C)=C/CC/C(C)=C/CC/C=C(\C)CC/C=C(\C)CCC=C(C)C. The molecule has 0 aliphatic rings. The number of unbranched alkanes of at least 4 members (excludes halogenated alkanes) is 12. The molecule has 0 unspecified atom stereocenters. The van der Waals surface area contributed by atoms with Gasteiger partial charge in [-0.15, -0.1) is 0 Å². The van der Waals surface area contributed by atoms with Crippen molar-refractivity contribution in [2.45, 2.75) is 209 Å². The summed E-state index contributed by atoms with van der Waals surface area (Å²) in [6.45, 7) is 18.2. The largest absolute Gasteiger partial charge is 0.461 e. The van der Waals surface area contributed by atoms with Gasteiger partial charge in [-0.3, -0.25) is 4.79 Å². The molecule has 0 aliphatic heterocycles. The minimum absolute atomic E-state index is 0.0507. The molecule has 0 atom stereocenters. The zero-order chi connectivity index (χ0) is 37.1. The predicted molar refractivity (Wildman–Crippen MR) is 225 cm³/mol. The topological polar surface area (TPSA) is 26.3 Å². The van der Waals surface area contributed by atoms with Crippen LogP contribution < -0.4 is 0 Å².